The molecule has 114 valence electrons. The quantitative estimate of drug-likeness (QED) is 0.708. The van der Waals surface area contributed by atoms with Gasteiger partial charge in [0.1, 0.15) is 5.60 Å². The van der Waals surface area contributed by atoms with Crippen LogP contribution in [0.1, 0.15) is 20.8 Å². The SMILES string of the molecule is CC(C)(C)OC(=O)N1CC(C[N+]23CCN(CC2)CC3)C1. The van der Waals surface area contributed by atoms with Crippen molar-refractivity contribution in [2.75, 3.05) is 58.9 Å². The molecule has 0 N–H and O–H groups in total. The van der Waals surface area contributed by atoms with Gasteiger partial charge < -0.3 is 14.1 Å². The van der Waals surface area contributed by atoms with E-state index in [0.717, 1.165) is 13.1 Å². The number of hydrogen-bond acceptors (Lipinski definition) is 3. The van der Waals surface area contributed by atoms with Crippen LogP contribution < -0.4 is 0 Å². The van der Waals surface area contributed by atoms with Gasteiger partial charge >= 0.3 is 6.09 Å². The van der Waals surface area contributed by atoms with Crippen LogP contribution in [0, 0.1) is 5.92 Å². The predicted molar refractivity (Wildman–Crippen MR) is 77.5 cm³/mol. The molecular weight excluding hydrogens is 254 g/mol. The molecule has 5 nitrogen and oxygen atoms in total. The number of ether oxygens (including phenoxy) is 1. The topological polar surface area (TPSA) is 32.8 Å². The molecule has 0 radical (unpaired) electrons. The van der Waals surface area contributed by atoms with Gasteiger partial charge in [-0.3, -0.25) is 4.90 Å². The lowest BCUT2D eigenvalue weighted by Crippen LogP contribution is -2.70. The van der Waals surface area contributed by atoms with Gasteiger partial charge in [0.15, 0.2) is 0 Å². The molecule has 4 aliphatic heterocycles. The summed E-state index contributed by atoms with van der Waals surface area (Å²) in [6.45, 7) is 16.5. The Morgan fingerprint density at radius 3 is 2.20 bits per heavy atom. The first kappa shape index (κ1) is 14.1. The van der Waals surface area contributed by atoms with Gasteiger partial charge in [0, 0.05) is 38.6 Å². The van der Waals surface area contributed by atoms with E-state index in [4.69, 9.17) is 4.74 Å². The largest absolute Gasteiger partial charge is 0.444 e. The number of amides is 1. The molecule has 20 heavy (non-hydrogen) atoms. The van der Waals surface area contributed by atoms with Crippen molar-refractivity contribution in [3.8, 4) is 0 Å². The Kier molecular flexibility index (Phi) is 3.45. The maximum absolute atomic E-state index is 11.9. The zero-order valence-electron chi connectivity index (χ0n) is 13.1. The van der Waals surface area contributed by atoms with Crippen LogP contribution >= 0.6 is 0 Å². The van der Waals surface area contributed by atoms with E-state index in [1.165, 1.54) is 50.3 Å². The Morgan fingerprint density at radius 2 is 1.70 bits per heavy atom. The second-order valence-corrected chi connectivity index (χ2v) is 7.79. The average molecular weight is 282 g/mol. The van der Waals surface area contributed by atoms with Crippen LogP contribution in [0.2, 0.25) is 0 Å². The Balaban J connectivity index is 1.45. The van der Waals surface area contributed by atoms with Crippen LogP contribution in [-0.4, -0.2) is 84.9 Å². The van der Waals surface area contributed by atoms with Crippen LogP contribution in [0.4, 0.5) is 4.79 Å². The van der Waals surface area contributed by atoms with E-state index in [-0.39, 0.29) is 11.7 Å². The number of fused-ring (bicyclic) bond motifs is 3. The normalized spacial score (nSPS) is 34.0. The molecule has 2 bridgehead atoms. The van der Waals surface area contributed by atoms with Crippen molar-refractivity contribution in [2.45, 2.75) is 26.4 Å². The van der Waals surface area contributed by atoms with Crippen molar-refractivity contribution in [1.82, 2.24) is 9.80 Å². The smallest absolute Gasteiger partial charge is 0.410 e. The van der Waals surface area contributed by atoms with E-state index in [2.05, 4.69) is 4.90 Å². The average Bonchev–Trinajstić information content (AvgIpc) is 2.33. The fourth-order valence-electron chi connectivity index (χ4n) is 3.71. The highest BCUT2D eigenvalue weighted by atomic mass is 16.6. The molecule has 0 aromatic rings. The molecule has 0 spiro atoms. The molecule has 0 aliphatic carbocycles. The Hall–Kier alpha value is -0.810. The molecule has 4 rings (SSSR count). The van der Waals surface area contributed by atoms with Gasteiger partial charge in [-0.05, 0) is 20.8 Å². The number of piperazine rings is 3. The Bertz CT molecular complexity index is 363. The highest BCUT2D eigenvalue weighted by molar-refractivity contribution is 5.69. The minimum atomic E-state index is -0.382. The summed E-state index contributed by atoms with van der Waals surface area (Å²) in [5.74, 6) is 0.673. The van der Waals surface area contributed by atoms with Crippen LogP contribution in [0.25, 0.3) is 0 Å². The van der Waals surface area contributed by atoms with E-state index in [0.29, 0.717) is 5.92 Å². The molecule has 4 fully saturated rings. The minimum absolute atomic E-state index is 0.141. The van der Waals surface area contributed by atoms with Crippen molar-refractivity contribution in [2.24, 2.45) is 5.92 Å². The van der Waals surface area contributed by atoms with Gasteiger partial charge in [0.25, 0.3) is 0 Å². The van der Waals surface area contributed by atoms with Gasteiger partial charge in [-0.1, -0.05) is 0 Å². The van der Waals surface area contributed by atoms with Crippen molar-refractivity contribution in [3.63, 3.8) is 0 Å². The Morgan fingerprint density at radius 1 is 1.15 bits per heavy atom. The van der Waals surface area contributed by atoms with Gasteiger partial charge in [0.05, 0.1) is 26.2 Å². The van der Waals surface area contributed by atoms with Crippen LogP contribution in [-0.2, 0) is 4.74 Å². The molecule has 0 atom stereocenters. The van der Waals surface area contributed by atoms with E-state index in [1.807, 2.05) is 25.7 Å². The third-order valence-electron chi connectivity index (χ3n) is 4.93. The first-order valence-electron chi connectivity index (χ1n) is 7.91. The van der Waals surface area contributed by atoms with E-state index in [9.17, 15) is 4.79 Å². The fraction of sp³-hybridized carbons (Fsp3) is 0.933. The first-order chi connectivity index (χ1) is 9.35. The Labute approximate surface area is 122 Å². The van der Waals surface area contributed by atoms with Crippen LogP contribution in [0.5, 0.6) is 0 Å². The number of rotatable bonds is 2. The zero-order chi connectivity index (χ0) is 14.4. The highest BCUT2D eigenvalue weighted by Crippen LogP contribution is 2.26. The molecule has 1 amide bonds. The third-order valence-corrected chi connectivity index (χ3v) is 4.93. The zero-order valence-corrected chi connectivity index (χ0v) is 13.1. The lowest BCUT2D eigenvalue weighted by atomic mass is 9.97. The van der Waals surface area contributed by atoms with Crippen molar-refractivity contribution in [1.29, 1.82) is 0 Å². The molecule has 0 unspecified atom stereocenters. The summed E-state index contributed by atoms with van der Waals surface area (Å²) in [5.41, 5.74) is -0.382. The molecule has 0 aromatic carbocycles. The van der Waals surface area contributed by atoms with Crippen molar-refractivity contribution >= 4 is 6.09 Å². The van der Waals surface area contributed by atoms with E-state index < -0.39 is 0 Å². The monoisotopic (exact) mass is 282 g/mol. The third kappa shape index (κ3) is 2.93. The number of carbonyl (C=O) groups excluding carboxylic acids is 1. The molecule has 5 heteroatoms. The second-order valence-electron chi connectivity index (χ2n) is 7.79. The summed E-state index contributed by atoms with van der Waals surface area (Å²) in [7, 11) is 0. The van der Waals surface area contributed by atoms with Gasteiger partial charge in [-0.25, -0.2) is 4.79 Å². The maximum atomic E-state index is 11.9. The summed E-state index contributed by atoms with van der Waals surface area (Å²) in [6, 6.07) is 0. The molecule has 0 aromatic heterocycles. The van der Waals surface area contributed by atoms with E-state index in [1.54, 1.807) is 0 Å². The highest BCUT2D eigenvalue weighted by Gasteiger charge is 2.44. The molecular formula is C15H28N3O2+. The number of hydrogen-bond donors (Lipinski definition) is 0. The summed E-state index contributed by atoms with van der Waals surface area (Å²) in [5, 5.41) is 0. The van der Waals surface area contributed by atoms with Gasteiger partial charge in [-0.15, -0.1) is 0 Å². The number of nitrogens with zero attached hydrogens (tertiary/aromatic N) is 3. The minimum Gasteiger partial charge on any atom is -0.444 e. The number of likely N-dealkylation sites (tertiary alicyclic amines) is 1. The van der Waals surface area contributed by atoms with Crippen molar-refractivity contribution in [3.05, 3.63) is 0 Å². The predicted octanol–water partition coefficient (Wildman–Crippen LogP) is 0.999. The van der Waals surface area contributed by atoms with Gasteiger partial charge in [-0.2, -0.15) is 0 Å². The van der Waals surface area contributed by atoms with E-state index >= 15 is 0 Å². The van der Waals surface area contributed by atoms with Crippen LogP contribution in [0.15, 0.2) is 0 Å². The lowest BCUT2D eigenvalue weighted by molar-refractivity contribution is -0.944. The summed E-state index contributed by atoms with van der Waals surface area (Å²) < 4.78 is 6.71. The molecule has 4 heterocycles. The molecule has 4 aliphatic rings. The fourth-order valence-corrected chi connectivity index (χ4v) is 3.71. The summed E-state index contributed by atoms with van der Waals surface area (Å²) in [4.78, 5) is 16.4. The summed E-state index contributed by atoms with van der Waals surface area (Å²) >= 11 is 0. The number of carbonyl (C=O) groups is 1. The molecule has 4 saturated heterocycles. The van der Waals surface area contributed by atoms with Crippen LogP contribution in [0.3, 0.4) is 0 Å². The first-order valence-corrected chi connectivity index (χ1v) is 7.91. The molecule has 0 saturated carbocycles. The lowest BCUT2D eigenvalue weighted by Gasteiger charge is -2.53. The van der Waals surface area contributed by atoms with Gasteiger partial charge in [0.2, 0.25) is 0 Å². The maximum Gasteiger partial charge on any atom is 0.410 e. The number of quaternary nitrogens is 1. The van der Waals surface area contributed by atoms with Crippen molar-refractivity contribution < 1.29 is 14.0 Å². The summed E-state index contributed by atoms with van der Waals surface area (Å²) in [6.07, 6.45) is -0.141. The standard InChI is InChI=1S/C15H28N3O2/c1-15(2,3)20-14(19)17-10-13(11-17)12-18-7-4-16(5-8-18)6-9-18/h13H,4-12H2,1-3H3/q+1. The second kappa shape index (κ2) is 4.88.